The fourth-order valence-electron chi connectivity index (χ4n) is 2.33. The van der Waals surface area contributed by atoms with E-state index < -0.39 is 0 Å². The zero-order chi connectivity index (χ0) is 14.7. The minimum Gasteiger partial charge on any atom is -0.461 e. The number of ether oxygens (including phenoxy) is 1. The smallest absolute Gasteiger partial charge is 0.323 e. The standard InChI is InChI=1S/C13H24N6O/c1-8(2)10-5-6-19(7-10)12-15-11(18-14)16-13(17-12)20-9(3)4/h8-10H,5-7,14H2,1-4H3,(H,15,16,17,18). The van der Waals surface area contributed by atoms with Crippen LogP contribution in [-0.4, -0.2) is 34.1 Å². The van der Waals surface area contributed by atoms with Crippen LogP contribution in [0.1, 0.15) is 34.1 Å². The molecular formula is C13H24N6O. The van der Waals surface area contributed by atoms with Gasteiger partial charge in [-0.05, 0) is 32.1 Å². The summed E-state index contributed by atoms with van der Waals surface area (Å²) in [4.78, 5) is 15.0. The predicted molar refractivity (Wildman–Crippen MR) is 78.6 cm³/mol. The highest BCUT2D eigenvalue weighted by molar-refractivity contribution is 5.38. The quantitative estimate of drug-likeness (QED) is 0.623. The van der Waals surface area contributed by atoms with Gasteiger partial charge in [0.1, 0.15) is 0 Å². The number of hydrogen-bond acceptors (Lipinski definition) is 7. The first-order chi connectivity index (χ1) is 9.49. The second-order valence-corrected chi connectivity index (χ2v) is 5.79. The normalized spacial score (nSPS) is 18.9. The van der Waals surface area contributed by atoms with Crippen LogP contribution in [0.3, 0.4) is 0 Å². The molecule has 7 nitrogen and oxygen atoms in total. The van der Waals surface area contributed by atoms with Crippen molar-refractivity contribution in [2.75, 3.05) is 23.4 Å². The molecule has 1 atom stereocenters. The van der Waals surface area contributed by atoms with Crippen molar-refractivity contribution in [3.8, 4) is 6.01 Å². The monoisotopic (exact) mass is 280 g/mol. The number of rotatable bonds is 5. The van der Waals surface area contributed by atoms with Gasteiger partial charge in [0, 0.05) is 13.1 Å². The summed E-state index contributed by atoms with van der Waals surface area (Å²) in [6.07, 6.45) is 1.17. The Morgan fingerprint density at radius 1 is 1.25 bits per heavy atom. The molecule has 0 aromatic carbocycles. The fraction of sp³-hybridized carbons (Fsp3) is 0.769. The number of aromatic nitrogens is 3. The van der Waals surface area contributed by atoms with Gasteiger partial charge in [-0.1, -0.05) is 13.8 Å². The highest BCUT2D eigenvalue weighted by Gasteiger charge is 2.27. The first kappa shape index (κ1) is 14.8. The lowest BCUT2D eigenvalue weighted by atomic mass is 9.95. The third-order valence-electron chi connectivity index (χ3n) is 3.52. The molecule has 2 rings (SSSR count). The largest absolute Gasteiger partial charge is 0.461 e. The molecule has 1 aromatic rings. The summed E-state index contributed by atoms with van der Waals surface area (Å²) in [6.45, 7) is 10.3. The zero-order valence-electron chi connectivity index (χ0n) is 12.6. The molecule has 0 bridgehead atoms. The van der Waals surface area contributed by atoms with Crippen molar-refractivity contribution in [2.24, 2.45) is 17.7 Å². The Hall–Kier alpha value is -1.63. The van der Waals surface area contributed by atoms with Gasteiger partial charge in [0.15, 0.2) is 0 Å². The maximum atomic E-state index is 5.55. The molecule has 0 aliphatic carbocycles. The molecule has 1 unspecified atom stereocenters. The first-order valence-electron chi connectivity index (χ1n) is 7.14. The molecule has 0 spiro atoms. The maximum absolute atomic E-state index is 5.55. The van der Waals surface area contributed by atoms with Crippen LogP contribution in [0.25, 0.3) is 0 Å². The van der Waals surface area contributed by atoms with Crippen molar-refractivity contribution in [1.82, 2.24) is 15.0 Å². The Bertz CT molecular complexity index is 450. The molecule has 1 fully saturated rings. The Morgan fingerprint density at radius 2 is 2.00 bits per heavy atom. The van der Waals surface area contributed by atoms with Gasteiger partial charge in [-0.3, -0.25) is 5.43 Å². The van der Waals surface area contributed by atoms with Crippen LogP contribution in [0.4, 0.5) is 11.9 Å². The van der Waals surface area contributed by atoms with Gasteiger partial charge in [0.25, 0.3) is 0 Å². The molecule has 2 heterocycles. The van der Waals surface area contributed by atoms with Crippen molar-refractivity contribution < 1.29 is 4.74 Å². The summed E-state index contributed by atoms with van der Waals surface area (Å²) < 4.78 is 5.55. The predicted octanol–water partition coefficient (Wildman–Crippen LogP) is 1.43. The van der Waals surface area contributed by atoms with Crippen molar-refractivity contribution in [2.45, 2.75) is 40.2 Å². The van der Waals surface area contributed by atoms with Gasteiger partial charge >= 0.3 is 6.01 Å². The second kappa shape index (κ2) is 6.21. The molecule has 0 saturated carbocycles. The van der Waals surface area contributed by atoms with Gasteiger partial charge < -0.3 is 9.64 Å². The third-order valence-corrected chi connectivity index (χ3v) is 3.52. The van der Waals surface area contributed by atoms with Crippen LogP contribution in [0, 0.1) is 11.8 Å². The van der Waals surface area contributed by atoms with E-state index in [-0.39, 0.29) is 6.10 Å². The van der Waals surface area contributed by atoms with Gasteiger partial charge in [-0.25, -0.2) is 5.84 Å². The lowest BCUT2D eigenvalue weighted by Gasteiger charge is -2.19. The fourth-order valence-corrected chi connectivity index (χ4v) is 2.33. The van der Waals surface area contributed by atoms with E-state index in [0.29, 0.717) is 29.7 Å². The van der Waals surface area contributed by atoms with Crippen LogP contribution in [0.5, 0.6) is 6.01 Å². The molecule has 1 aliphatic heterocycles. The summed E-state index contributed by atoms with van der Waals surface area (Å²) >= 11 is 0. The van der Waals surface area contributed by atoms with Gasteiger partial charge in [0.05, 0.1) is 6.10 Å². The van der Waals surface area contributed by atoms with Crippen LogP contribution >= 0.6 is 0 Å². The summed E-state index contributed by atoms with van der Waals surface area (Å²) in [6, 6.07) is 0.311. The van der Waals surface area contributed by atoms with Crippen molar-refractivity contribution in [3.05, 3.63) is 0 Å². The number of nitrogens with zero attached hydrogens (tertiary/aromatic N) is 4. The van der Waals surface area contributed by atoms with E-state index in [4.69, 9.17) is 10.6 Å². The summed E-state index contributed by atoms with van der Waals surface area (Å²) in [5.41, 5.74) is 2.47. The number of nitrogens with two attached hydrogens (primary N) is 1. The van der Waals surface area contributed by atoms with E-state index in [1.54, 1.807) is 0 Å². The number of hydrogen-bond donors (Lipinski definition) is 2. The van der Waals surface area contributed by atoms with E-state index >= 15 is 0 Å². The molecule has 3 N–H and O–H groups in total. The average molecular weight is 280 g/mol. The number of nitrogens with one attached hydrogen (secondary N) is 1. The molecule has 7 heteroatoms. The van der Waals surface area contributed by atoms with E-state index in [2.05, 4.69) is 39.1 Å². The Kier molecular flexibility index (Phi) is 4.59. The van der Waals surface area contributed by atoms with E-state index in [0.717, 1.165) is 19.5 Å². The zero-order valence-corrected chi connectivity index (χ0v) is 12.6. The summed E-state index contributed by atoms with van der Waals surface area (Å²) in [5, 5.41) is 0. The van der Waals surface area contributed by atoms with E-state index in [9.17, 15) is 0 Å². The van der Waals surface area contributed by atoms with Crippen molar-refractivity contribution in [1.29, 1.82) is 0 Å². The van der Waals surface area contributed by atoms with Crippen LogP contribution < -0.4 is 20.9 Å². The average Bonchev–Trinajstić information content (AvgIpc) is 2.87. The lowest BCUT2D eigenvalue weighted by molar-refractivity contribution is 0.222. The van der Waals surface area contributed by atoms with E-state index in [1.165, 1.54) is 0 Å². The first-order valence-corrected chi connectivity index (χ1v) is 7.14. The molecule has 1 saturated heterocycles. The molecular weight excluding hydrogens is 256 g/mol. The Balaban J connectivity index is 2.18. The molecule has 0 radical (unpaired) electrons. The minimum atomic E-state index is 0.0119. The highest BCUT2D eigenvalue weighted by Crippen LogP contribution is 2.27. The van der Waals surface area contributed by atoms with Gasteiger partial charge in [-0.2, -0.15) is 15.0 Å². The van der Waals surface area contributed by atoms with Gasteiger partial charge in [0.2, 0.25) is 11.9 Å². The molecule has 1 aliphatic rings. The molecule has 20 heavy (non-hydrogen) atoms. The number of anilines is 2. The summed E-state index contributed by atoms with van der Waals surface area (Å²) in [5.74, 6) is 7.72. The lowest BCUT2D eigenvalue weighted by Crippen LogP contribution is -2.25. The molecule has 112 valence electrons. The Labute approximate surface area is 119 Å². The van der Waals surface area contributed by atoms with Crippen molar-refractivity contribution >= 4 is 11.9 Å². The third kappa shape index (κ3) is 3.47. The topological polar surface area (TPSA) is 89.2 Å². The van der Waals surface area contributed by atoms with Crippen molar-refractivity contribution in [3.63, 3.8) is 0 Å². The molecule has 1 aromatic heterocycles. The maximum Gasteiger partial charge on any atom is 0.323 e. The van der Waals surface area contributed by atoms with Crippen LogP contribution in [0.15, 0.2) is 0 Å². The van der Waals surface area contributed by atoms with E-state index in [1.807, 2.05) is 13.8 Å². The highest BCUT2D eigenvalue weighted by atomic mass is 16.5. The Morgan fingerprint density at radius 3 is 2.55 bits per heavy atom. The van der Waals surface area contributed by atoms with Crippen LogP contribution in [0.2, 0.25) is 0 Å². The summed E-state index contributed by atoms with van der Waals surface area (Å²) in [7, 11) is 0. The minimum absolute atomic E-state index is 0.0119. The second-order valence-electron chi connectivity index (χ2n) is 5.79. The van der Waals surface area contributed by atoms with Crippen LogP contribution in [-0.2, 0) is 0 Å². The number of hydrazine groups is 1. The molecule has 0 amide bonds. The SMILES string of the molecule is CC(C)Oc1nc(NN)nc(N2CCC(C(C)C)C2)n1. The number of nitrogen functional groups attached to an aromatic ring is 1. The van der Waals surface area contributed by atoms with Gasteiger partial charge in [-0.15, -0.1) is 0 Å².